The molecule has 66 valence electrons. The van der Waals surface area contributed by atoms with Crippen LogP contribution in [0.15, 0.2) is 16.7 Å². The number of aryl methyl sites for hydroxylation is 1. The molecule has 0 aliphatic carbocycles. The topological polar surface area (TPSA) is 76.2 Å². The van der Waals surface area contributed by atoms with Gasteiger partial charge in [-0.3, -0.25) is 0 Å². The van der Waals surface area contributed by atoms with Crippen LogP contribution in [0.1, 0.15) is 16.2 Å². The lowest BCUT2D eigenvalue weighted by Gasteiger charge is -1.90. The average Bonchev–Trinajstić information content (AvgIpc) is 2.42. The van der Waals surface area contributed by atoms with E-state index in [-0.39, 0.29) is 5.56 Å². The normalized spacial score (nSPS) is 10.5. The number of aromatic nitrogens is 2. The molecule has 0 unspecified atom stereocenters. The molecule has 0 bridgehead atoms. The molecule has 5 heteroatoms. The second kappa shape index (κ2) is 2.55. The second-order valence-electron chi connectivity index (χ2n) is 2.59. The molecular formula is C8H6N2O3. The van der Waals surface area contributed by atoms with Crippen molar-refractivity contribution in [3.8, 4) is 0 Å². The Kier molecular flexibility index (Phi) is 1.51. The fraction of sp³-hybridized carbons (Fsp3) is 0.125. The SMILES string of the molecule is Cc1nc2cc(C(=O)O)cnc2o1. The zero-order valence-electron chi connectivity index (χ0n) is 6.81. The number of oxazole rings is 1. The summed E-state index contributed by atoms with van der Waals surface area (Å²) in [5.74, 6) is -0.542. The Morgan fingerprint density at radius 1 is 1.62 bits per heavy atom. The minimum Gasteiger partial charge on any atom is -0.478 e. The molecule has 0 amide bonds. The average molecular weight is 178 g/mol. The predicted octanol–water partition coefficient (Wildman–Crippen LogP) is 1.23. The van der Waals surface area contributed by atoms with Gasteiger partial charge in [-0.15, -0.1) is 0 Å². The molecule has 0 radical (unpaired) electrons. The van der Waals surface area contributed by atoms with Gasteiger partial charge >= 0.3 is 5.97 Å². The number of pyridine rings is 1. The van der Waals surface area contributed by atoms with E-state index in [4.69, 9.17) is 9.52 Å². The number of hydrogen-bond donors (Lipinski definition) is 1. The smallest absolute Gasteiger partial charge is 0.337 e. The maximum atomic E-state index is 10.6. The van der Waals surface area contributed by atoms with E-state index in [0.717, 1.165) is 0 Å². The summed E-state index contributed by atoms with van der Waals surface area (Å²) in [5, 5.41) is 8.65. The summed E-state index contributed by atoms with van der Waals surface area (Å²) in [6.07, 6.45) is 1.25. The molecule has 1 N–H and O–H groups in total. The van der Waals surface area contributed by atoms with Gasteiger partial charge in [-0.1, -0.05) is 0 Å². The van der Waals surface area contributed by atoms with Crippen LogP contribution < -0.4 is 0 Å². The van der Waals surface area contributed by atoms with Crippen LogP contribution in [0.3, 0.4) is 0 Å². The highest BCUT2D eigenvalue weighted by Crippen LogP contribution is 2.13. The third-order valence-electron chi connectivity index (χ3n) is 1.60. The number of hydrogen-bond acceptors (Lipinski definition) is 4. The molecule has 2 aromatic heterocycles. The molecule has 5 nitrogen and oxygen atoms in total. The van der Waals surface area contributed by atoms with Crippen LogP contribution >= 0.6 is 0 Å². The summed E-state index contributed by atoms with van der Waals surface area (Å²) in [7, 11) is 0. The maximum Gasteiger partial charge on any atom is 0.337 e. The largest absolute Gasteiger partial charge is 0.478 e. The first-order valence-electron chi connectivity index (χ1n) is 3.63. The molecule has 2 heterocycles. The van der Waals surface area contributed by atoms with Crippen molar-refractivity contribution in [1.29, 1.82) is 0 Å². The molecule has 0 aromatic carbocycles. The zero-order valence-corrected chi connectivity index (χ0v) is 6.81. The predicted molar refractivity (Wildman–Crippen MR) is 43.5 cm³/mol. The first-order valence-corrected chi connectivity index (χ1v) is 3.63. The highest BCUT2D eigenvalue weighted by Gasteiger charge is 2.08. The van der Waals surface area contributed by atoms with Gasteiger partial charge < -0.3 is 9.52 Å². The van der Waals surface area contributed by atoms with Crippen LogP contribution in [0.4, 0.5) is 0 Å². The monoisotopic (exact) mass is 178 g/mol. The Balaban J connectivity index is 2.67. The molecule has 0 saturated heterocycles. The summed E-state index contributed by atoms with van der Waals surface area (Å²) < 4.78 is 5.09. The molecule has 0 fully saturated rings. The van der Waals surface area contributed by atoms with Gasteiger partial charge in [-0.25, -0.2) is 14.8 Å². The fourth-order valence-corrected chi connectivity index (χ4v) is 1.05. The Hall–Kier alpha value is -1.91. The van der Waals surface area contributed by atoms with E-state index in [1.54, 1.807) is 6.92 Å². The maximum absolute atomic E-state index is 10.6. The van der Waals surface area contributed by atoms with Crippen molar-refractivity contribution in [2.24, 2.45) is 0 Å². The summed E-state index contributed by atoms with van der Waals surface area (Å²) >= 11 is 0. The summed E-state index contributed by atoms with van der Waals surface area (Å²) in [5.41, 5.74) is 0.945. The van der Waals surface area contributed by atoms with E-state index in [9.17, 15) is 4.79 Å². The molecule has 0 aliphatic heterocycles. The van der Waals surface area contributed by atoms with E-state index in [1.807, 2.05) is 0 Å². The number of rotatable bonds is 1. The first kappa shape index (κ1) is 7.72. The van der Waals surface area contributed by atoms with Crippen molar-refractivity contribution in [3.05, 3.63) is 23.7 Å². The molecule has 0 atom stereocenters. The quantitative estimate of drug-likeness (QED) is 0.710. The molecule has 0 saturated carbocycles. The Labute approximate surface area is 73.0 Å². The lowest BCUT2D eigenvalue weighted by atomic mass is 10.3. The summed E-state index contributed by atoms with van der Waals surface area (Å²) in [6, 6.07) is 1.43. The van der Waals surface area contributed by atoms with Gasteiger partial charge in [-0.2, -0.15) is 0 Å². The van der Waals surface area contributed by atoms with Crippen molar-refractivity contribution >= 4 is 17.2 Å². The van der Waals surface area contributed by atoms with Gasteiger partial charge in [0, 0.05) is 13.1 Å². The van der Waals surface area contributed by atoms with Gasteiger partial charge in [0.25, 0.3) is 0 Å². The first-order chi connectivity index (χ1) is 6.16. The van der Waals surface area contributed by atoms with E-state index in [0.29, 0.717) is 17.1 Å². The standard InChI is InChI=1S/C8H6N2O3/c1-4-10-6-2-5(8(11)12)3-9-7(6)13-4/h2-3H,1H3,(H,11,12). The van der Waals surface area contributed by atoms with Gasteiger partial charge in [0.15, 0.2) is 5.89 Å². The molecule has 2 aromatic rings. The number of carbonyl (C=O) groups is 1. The van der Waals surface area contributed by atoms with E-state index in [2.05, 4.69) is 9.97 Å². The van der Waals surface area contributed by atoms with E-state index >= 15 is 0 Å². The minimum atomic E-state index is -1.02. The second-order valence-corrected chi connectivity index (χ2v) is 2.59. The van der Waals surface area contributed by atoms with E-state index < -0.39 is 5.97 Å². The lowest BCUT2D eigenvalue weighted by Crippen LogP contribution is -1.96. The third-order valence-corrected chi connectivity index (χ3v) is 1.60. The zero-order chi connectivity index (χ0) is 9.42. The minimum absolute atomic E-state index is 0.112. The van der Waals surface area contributed by atoms with Crippen molar-refractivity contribution < 1.29 is 14.3 Å². The van der Waals surface area contributed by atoms with Gasteiger partial charge in [0.05, 0.1) is 5.56 Å². The van der Waals surface area contributed by atoms with Gasteiger partial charge in [-0.05, 0) is 6.07 Å². The number of aromatic carboxylic acids is 1. The Morgan fingerprint density at radius 2 is 2.38 bits per heavy atom. The van der Waals surface area contributed by atoms with Crippen LogP contribution in [0.25, 0.3) is 11.2 Å². The highest BCUT2D eigenvalue weighted by atomic mass is 16.4. The van der Waals surface area contributed by atoms with Crippen molar-refractivity contribution in [2.45, 2.75) is 6.92 Å². The Bertz CT molecular complexity index is 475. The third kappa shape index (κ3) is 1.24. The van der Waals surface area contributed by atoms with Crippen molar-refractivity contribution in [3.63, 3.8) is 0 Å². The number of carboxylic acids is 1. The summed E-state index contributed by atoms with van der Waals surface area (Å²) in [6.45, 7) is 1.68. The summed E-state index contributed by atoms with van der Waals surface area (Å²) in [4.78, 5) is 18.3. The molecule has 0 spiro atoms. The Morgan fingerprint density at radius 3 is 3.08 bits per heavy atom. The van der Waals surface area contributed by atoms with Gasteiger partial charge in [0.1, 0.15) is 5.52 Å². The molecule has 13 heavy (non-hydrogen) atoms. The van der Waals surface area contributed by atoms with Crippen molar-refractivity contribution in [2.75, 3.05) is 0 Å². The number of carboxylic acid groups (broad SMARTS) is 1. The van der Waals surface area contributed by atoms with Crippen LogP contribution in [-0.4, -0.2) is 21.0 Å². The molecule has 0 aliphatic rings. The molecular weight excluding hydrogens is 172 g/mol. The van der Waals surface area contributed by atoms with Crippen LogP contribution in [-0.2, 0) is 0 Å². The number of fused-ring (bicyclic) bond motifs is 1. The number of nitrogens with zero attached hydrogens (tertiary/aromatic N) is 2. The van der Waals surface area contributed by atoms with Gasteiger partial charge in [0.2, 0.25) is 5.71 Å². The van der Waals surface area contributed by atoms with Crippen LogP contribution in [0.5, 0.6) is 0 Å². The van der Waals surface area contributed by atoms with E-state index in [1.165, 1.54) is 12.3 Å². The fourth-order valence-electron chi connectivity index (χ4n) is 1.05. The molecule has 2 rings (SSSR count). The van der Waals surface area contributed by atoms with Crippen molar-refractivity contribution in [1.82, 2.24) is 9.97 Å². The highest BCUT2D eigenvalue weighted by molar-refractivity contribution is 5.90. The van der Waals surface area contributed by atoms with Crippen LogP contribution in [0, 0.1) is 6.92 Å². The van der Waals surface area contributed by atoms with Crippen LogP contribution in [0.2, 0.25) is 0 Å². The lowest BCUT2D eigenvalue weighted by molar-refractivity contribution is 0.0696.